The molecule has 2 fully saturated rings. The third-order valence-electron chi connectivity index (χ3n) is 5.48. The first-order valence-electron chi connectivity index (χ1n) is 8.12. The van der Waals surface area contributed by atoms with Crippen molar-refractivity contribution in [2.24, 2.45) is 16.7 Å². The lowest BCUT2D eigenvalue weighted by molar-refractivity contribution is -0.125. The Labute approximate surface area is 128 Å². The number of hydrogen-bond donors (Lipinski definition) is 1. The number of ether oxygens (including phenoxy) is 1. The first-order chi connectivity index (χ1) is 9.46. The zero-order valence-electron chi connectivity index (χ0n) is 14.4. The highest BCUT2D eigenvalue weighted by Crippen LogP contribution is 2.54. The van der Waals surface area contributed by atoms with Gasteiger partial charge in [0.2, 0.25) is 0 Å². The van der Waals surface area contributed by atoms with E-state index in [0.717, 1.165) is 32.4 Å². The number of carbonyl (C=O) groups excluding carboxylic acids is 1. The van der Waals surface area contributed by atoms with Gasteiger partial charge >= 0.3 is 6.09 Å². The molecule has 1 saturated heterocycles. The molecule has 3 atom stereocenters. The molecule has 2 aliphatic rings. The summed E-state index contributed by atoms with van der Waals surface area (Å²) in [5.41, 5.74) is -0.443. The first-order valence-corrected chi connectivity index (χ1v) is 8.12. The summed E-state index contributed by atoms with van der Waals surface area (Å²) >= 11 is 0. The third kappa shape index (κ3) is 3.20. The molecule has 2 rings (SSSR count). The van der Waals surface area contributed by atoms with Crippen molar-refractivity contribution in [3.63, 3.8) is 0 Å². The van der Waals surface area contributed by atoms with Crippen molar-refractivity contribution in [3.05, 3.63) is 0 Å². The molecule has 4 nitrogen and oxygen atoms in total. The van der Waals surface area contributed by atoms with Crippen LogP contribution in [0.5, 0.6) is 0 Å². The fourth-order valence-electron chi connectivity index (χ4n) is 4.34. The molecular weight excluding hydrogens is 266 g/mol. The number of likely N-dealkylation sites (tertiary alicyclic amines) is 1. The lowest BCUT2D eigenvalue weighted by Crippen LogP contribution is -2.59. The highest BCUT2D eigenvalue weighted by molar-refractivity contribution is 5.68. The van der Waals surface area contributed by atoms with Crippen LogP contribution in [0.1, 0.15) is 60.8 Å². The summed E-state index contributed by atoms with van der Waals surface area (Å²) in [7, 11) is 0. The molecule has 0 spiro atoms. The van der Waals surface area contributed by atoms with Crippen molar-refractivity contribution in [1.29, 1.82) is 0 Å². The van der Waals surface area contributed by atoms with Crippen LogP contribution in [0.3, 0.4) is 0 Å². The topological polar surface area (TPSA) is 49.8 Å². The third-order valence-corrected chi connectivity index (χ3v) is 5.48. The van der Waals surface area contributed by atoms with E-state index >= 15 is 0 Å². The lowest BCUT2D eigenvalue weighted by Gasteiger charge is -2.57. The van der Waals surface area contributed by atoms with E-state index in [1.54, 1.807) is 0 Å². The zero-order chi connectivity index (χ0) is 16.1. The molecule has 1 aliphatic carbocycles. The van der Waals surface area contributed by atoms with Gasteiger partial charge in [-0.3, -0.25) is 0 Å². The van der Waals surface area contributed by atoms with E-state index in [4.69, 9.17) is 4.74 Å². The minimum Gasteiger partial charge on any atom is -0.444 e. The standard InChI is InChI=1S/C17H31NO3/c1-15(2,3)21-14(20)18-10-8-12-16(4,5)13(19)7-9-17(12,6)11-18/h12-13,19H,7-11H2,1-6H3/t12-,13-,17+/m0/s1. The summed E-state index contributed by atoms with van der Waals surface area (Å²) in [6.45, 7) is 13.8. The van der Waals surface area contributed by atoms with Gasteiger partial charge in [0.05, 0.1) is 6.10 Å². The van der Waals surface area contributed by atoms with Gasteiger partial charge in [0.1, 0.15) is 5.60 Å². The molecule has 1 N–H and O–H groups in total. The SMILES string of the molecule is CC(C)(C)OC(=O)N1CC[C@H]2C(C)(C)[C@@H](O)CC[C@]2(C)C1. The Morgan fingerprint density at radius 1 is 1.24 bits per heavy atom. The number of nitrogens with zero attached hydrogens (tertiary/aromatic N) is 1. The van der Waals surface area contributed by atoms with Crippen molar-refractivity contribution in [2.45, 2.75) is 72.5 Å². The van der Waals surface area contributed by atoms with Crippen LogP contribution < -0.4 is 0 Å². The van der Waals surface area contributed by atoms with Gasteiger partial charge in [-0.1, -0.05) is 20.8 Å². The molecule has 0 aromatic rings. The predicted molar refractivity (Wildman–Crippen MR) is 83.0 cm³/mol. The fraction of sp³-hybridized carbons (Fsp3) is 0.941. The number of hydrogen-bond acceptors (Lipinski definition) is 3. The first kappa shape index (κ1) is 16.6. The second-order valence-corrected chi connectivity index (χ2v) is 8.77. The molecule has 0 unspecified atom stereocenters. The van der Waals surface area contributed by atoms with Gasteiger partial charge in [0.15, 0.2) is 0 Å². The van der Waals surface area contributed by atoms with E-state index in [1.807, 2.05) is 25.7 Å². The van der Waals surface area contributed by atoms with Gasteiger partial charge in [-0.05, 0) is 56.8 Å². The van der Waals surface area contributed by atoms with Crippen molar-refractivity contribution >= 4 is 6.09 Å². The molecule has 1 amide bonds. The molecule has 1 heterocycles. The minimum atomic E-state index is -0.448. The van der Waals surface area contributed by atoms with E-state index in [2.05, 4.69) is 20.8 Å². The van der Waals surface area contributed by atoms with Gasteiger partial charge in [-0.25, -0.2) is 4.79 Å². The van der Waals surface area contributed by atoms with Crippen LogP contribution in [0.25, 0.3) is 0 Å². The average Bonchev–Trinajstić information content (AvgIpc) is 2.32. The smallest absolute Gasteiger partial charge is 0.410 e. The second kappa shape index (κ2) is 5.15. The van der Waals surface area contributed by atoms with E-state index in [9.17, 15) is 9.90 Å². The monoisotopic (exact) mass is 297 g/mol. The highest BCUT2D eigenvalue weighted by Gasteiger charge is 2.53. The Bertz CT molecular complexity index is 413. The molecule has 0 bridgehead atoms. The molecule has 21 heavy (non-hydrogen) atoms. The summed E-state index contributed by atoms with van der Waals surface area (Å²) in [6, 6.07) is 0. The number of fused-ring (bicyclic) bond motifs is 1. The van der Waals surface area contributed by atoms with E-state index < -0.39 is 5.60 Å². The van der Waals surface area contributed by atoms with E-state index in [-0.39, 0.29) is 23.0 Å². The van der Waals surface area contributed by atoms with Gasteiger partial charge < -0.3 is 14.7 Å². The van der Waals surface area contributed by atoms with E-state index in [1.165, 1.54) is 0 Å². The van der Waals surface area contributed by atoms with Crippen LogP contribution in [-0.4, -0.2) is 40.9 Å². The number of amides is 1. The zero-order valence-corrected chi connectivity index (χ0v) is 14.4. The predicted octanol–water partition coefficient (Wildman–Crippen LogP) is 3.43. The van der Waals surface area contributed by atoms with Gasteiger partial charge in [0.25, 0.3) is 0 Å². The second-order valence-electron chi connectivity index (χ2n) is 8.77. The number of aliphatic hydroxyl groups excluding tert-OH is 1. The van der Waals surface area contributed by atoms with Crippen molar-refractivity contribution < 1.29 is 14.6 Å². The normalized spacial score (nSPS) is 36.0. The van der Waals surface area contributed by atoms with Gasteiger partial charge in [-0.15, -0.1) is 0 Å². The van der Waals surface area contributed by atoms with E-state index in [0.29, 0.717) is 5.92 Å². The maximum Gasteiger partial charge on any atom is 0.410 e. The quantitative estimate of drug-likeness (QED) is 0.745. The summed E-state index contributed by atoms with van der Waals surface area (Å²) in [4.78, 5) is 14.2. The van der Waals surface area contributed by atoms with Crippen molar-refractivity contribution in [2.75, 3.05) is 13.1 Å². The Morgan fingerprint density at radius 2 is 1.86 bits per heavy atom. The summed E-state index contributed by atoms with van der Waals surface area (Å²) in [6.07, 6.45) is 2.30. The molecule has 0 radical (unpaired) electrons. The maximum absolute atomic E-state index is 12.3. The maximum atomic E-state index is 12.3. The fourth-order valence-corrected chi connectivity index (χ4v) is 4.34. The number of aliphatic hydroxyl groups is 1. The largest absolute Gasteiger partial charge is 0.444 e. The molecule has 1 saturated carbocycles. The summed E-state index contributed by atoms with van der Waals surface area (Å²) < 4.78 is 5.51. The lowest BCUT2D eigenvalue weighted by atomic mass is 9.53. The Kier molecular flexibility index (Phi) is 4.07. The number of carbonyl (C=O) groups is 1. The Balaban J connectivity index is 2.11. The summed E-state index contributed by atoms with van der Waals surface area (Å²) in [5.74, 6) is 0.451. The Morgan fingerprint density at radius 3 is 2.43 bits per heavy atom. The van der Waals surface area contributed by atoms with Crippen LogP contribution in [0.2, 0.25) is 0 Å². The summed E-state index contributed by atoms with van der Waals surface area (Å²) in [5, 5.41) is 10.3. The molecule has 0 aromatic heterocycles. The highest BCUT2D eigenvalue weighted by atomic mass is 16.6. The van der Waals surface area contributed by atoms with Gasteiger partial charge in [0, 0.05) is 13.1 Å². The number of piperidine rings is 1. The Hall–Kier alpha value is -0.770. The molecular formula is C17H31NO3. The molecule has 1 aliphatic heterocycles. The molecule has 0 aromatic carbocycles. The van der Waals surface area contributed by atoms with Crippen molar-refractivity contribution in [1.82, 2.24) is 4.90 Å². The van der Waals surface area contributed by atoms with Crippen LogP contribution in [0, 0.1) is 16.7 Å². The van der Waals surface area contributed by atoms with Crippen LogP contribution in [-0.2, 0) is 4.74 Å². The number of rotatable bonds is 0. The van der Waals surface area contributed by atoms with Crippen LogP contribution >= 0.6 is 0 Å². The van der Waals surface area contributed by atoms with Crippen molar-refractivity contribution in [3.8, 4) is 0 Å². The molecule has 122 valence electrons. The molecule has 4 heteroatoms. The van der Waals surface area contributed by atoms with Gasteiger partial charge in [-0.2, -0.15) is 0 Å². The van der Waals surface area contributed by atoms with Crippen LogP contribution in [0.4, 0.5) is 4.79 Å². The van der Waals surface area contributed by atoms with Crippen LogP contribution in [0.15, 0.2) is 0 Å². The average molecular weight is 297 g/mol. The minimum absolute atomic E-state index is 0.0764.